The van der Waals surface area contributed by atoms with Gasteiger partial charge in [-0.15, -0.1) is 11.3 Å². The Hall–Kier alpha value is -1.56. The van der Waals surface area contributed by atoms with Gasteiger partial charge in [0.2, 0.25) is 5.91 Å². The molecule has 2 rings (SSSR count). The summed E-state index contributed by atoms with van der Waals surface area (Å²) in [7, 11) is 0. The van der Waals surface area contributed by atoms with Gasteiger partial charge in [0.15, 0.2) is 0 Å². The number of alkyl carbamates (subject to hydrolysis) is 1. The highest BCUT2D eigenvalue weighted by molar-refractivity contribution is 7.10. The van der Waals surface area contributed by atoms with Gasteiger partial charge in [-0.25, -0.2) is 4.79 Å². The number of fused-ring (bicyclic) bond motifs is 1. The molecule has 6 heteroatoms. The predicted molar refractivity (Wildman–Crippen MR) is 91.5 cm³/mol. The van der Waals surface area contributed by atoms with Gasteiger partial charge in [0, 0.05) is 29.9 Å². The van der Waals surface area contributed by atoms with E-state index in [1.165, 1.54) is 10.4 Å². The van der Waals surface area contributed by atoms with Crippen LogP contribution in [0.4, 0.5) is 4.79 Å². The first-order chi connectivity index (χ1) is 10.6. The molecule has 1 aromatic heterocycles. The van der Waals surface area contributed by atoms with Gasteiger partial charge in [0.1, 0.15) is 5.60 Å². The molecule has 2 heterocycles. The molecule has 0 saturated heterocycles. The van der Waals surface area contributed by atoms with E-state index < -0.39 is 17.2 Å². The number of nitrogens with one attached hydrogen (secondary N) is 1. The van der Waals surface area contributed by atoms with E-state index >= 15 is 0 Å². The number of hydrogen-bond acceptors (Lipinski definition) is 4. The van der Waals surface area contributed by atoms with Crippen LogP contribution in [0.1, 0.15) is 51.5 Å². The highest BCUT2D eigenvalue weighted by Crippen LogP contribution is 2.25. The molecule has 0 aromatic carbocycles. The van der Waals surface area contributed by atoms with Crippen molar-refractivity contribution in [1.29, 1.82) is 0 Å². The molecule has 5 nitrogen and oxygen atoms in total. The summed E-state index contributed by atoms with van der Waals surface area (Å²) in [6.07, 6.45) is 0.679. The Balaban J connectivity index is 1.90. The summed E-state index contributed by atoms with van der Waals surface area (Å²) in [6.45, 7) is 10.5. The van der Waals surface area contributed by atoms with Gasteiger partial charge in [-0.1, -0.05) is 0 Å². The number of hydrogen-bond donors (Lipinski definition) is 1. The summed E-state index contributed by atoms with van der Waals surface area (Å²) in [4.78, 5) is 27.7. The zero-order valence-electron chi connectivity index (χ0n) is 14.6. The first kappa shape index (κ1) is 17.8. The lowest BCUT2D eigenvalue weighted by Crippen LogP contribution is -2.49. The molecule has 1 N–H and O–H groups in total. The highest BCUT2D eigenvalue weighted by atomic mass is 32.1. The summed E-state index contributed by atoms with van der Waals surface area (Å²) in [5, 5.41) is 4.87. The lowest BCUT2D eigenvalue weighted by molar-refractivity contribution is -0.133. The number of amides is 2. The Labute approximate surface area is 142 Å². The second-order valence-electron chi connectivity index (χ2n) is 7.62. The molecule has 0 bridgehead atoms. The molecule has 128 valence electrons. The molecule has 1 aliphatic heterocycles. The van der Waals surface area contributed by atoms with Crippen molar-refractivity contribution in [3.05, 3.63) is 21.9 Å². The van der Waals surface area contributed by atoms with E-state index in [0.29, 0.717) is 6.54 Å². The second kappa shape index (κ2) is 6.51. The molecule has 1 aromatic rings. The maximum Gasteiger partial charge on any atom is 0.408 e. The molecule has 0 fully saturated rings. The SMILES string of the molecule is CC(C)(CC(=O)N1CCc2sccc2C1)NC(=O)OC(C)(C)C. The number of ether oxygens (including phenoxy) is 1. The molecule has 0 saturated carbocycles. The van der Waals surface area contributed by atoms with E-state index in [1.807, 2.05) is 39.5 Å². The molecule has 0 spiro atoms. The first-order valence-corrected chi connectivity index (χ1v) is 8.78. The average molecular weight is 338 g/mol. The smallest absolute Gasteiger partial charge is 0.408 e. The highest BCUT2D eigenvalue weighted by Gasteiger charge is 2.30. The summed E-state index contributed by atoms with van der Waals surface area (Å²) in [6, 6.07) is 2.09. The molecule has 0 radical (unpaired) electrons. The summed E-state index contributed by atoms with van der Waals surface area (Å²) < 4.78 is 5.26. The van der Waals surface area contributed by atoms with E-state index in [4.69, 9.17) is 4.74 Å². The average Bonchev–Trinajstić information content (AvgIpc) is 2.81. The lowest BCUT2D eigenvalue weighted by atomic mass is 9.99. The number of carbonyl (C=O) groups is 2. The molecule has 0 atom stereocenters. The van der Waals surface area contributed by atoms with Gasteiger partial charge in [-0.3, -0.25) is 4.79 Å². The van der Waals surface area contributed by atoms with E-state index in [-0.39, 0.29) is 12.3 Å². The minimum atomic E-state index is -0.645. The van der Waals surface area contributed by atoms with E-state index in [9.17, 15) is 9.59 Å². The molecule has 0 unspecified atom stereocenters. The van der Waals surface area contributed by atoms with Gasteiger partial charge >= 0.3 is 6.09 Å². The number of rotatable bonds is 3. The fraction of sp³-hybridized carbons (Fsp3) is 0.647. The largest absolute Gasteiger partial charge is 0.444 e. The Bertz CT molecular complexity index is 587. The van der Waals surface area contributed by atoms with Crippen LogP contribution in [0.5, 0.6) is 0 Å². The Kier molecular flexibility index (Phi) is 5.04. The van der Waals surface area contributed by atoms with Crippen LogP contribution in [0, 0.1) is 0 Å². The Morgan fingerprint density at radius 1 is 1.30 bits per heavy atom. The van der Waals surface area contributed by atoms with Crippen LogP contribution < -0.4 is 5.32 Å². The molecular weight excluding hydrogens is 312 g/mol. The molecule has 2 amide bonds. The van der Waals surface area contributed by atoms with Crippen molar-refractivity contribution in [2.24, 2.45) is 0 Å². The van der Waals surface area contributed by atoms with Crippen LogP contribution in [0.3, 0.4) is 0 Å². The Morgan fingerprint density at radius 2 is 2.00 bits per heavy atom. The molecular formula is C17H26N2O3S. The minimum absolute atomic E-state index is 0.0582. The first-order valence-electron chi connectivity index (χ1n) is 7.90. The number of thiophene rings is 1. The maximum atomic E-state index is 12.5. The summed E-state index contributed by atoms with van der Waals surface area (Å²) >= 11 is 1.75. The third kappa shape index (κ3) is 5.23. The van der Waals surface area contributed by atoms with Crippen molar-refractivity contribution >= 4 is 23.3 Å². The summed E-state index contributed by atoms with van der Waals surface area (Å²) in [5.74, 6) is 0.0582. The maximum absolute atomic E-state index is 12.5. The van der Waals surface area contributed by atoms with Crippen LogP contribution >= 0.6 is 11.3 Å². The van der Waals surface area contributed by atoms with Crippen molar-refractivity contribution in [2.45, 2.75) is 65.1 Å². The third-order valence-corrected chi connectivity index (χ3v) is 4.62. The zero-order valence-corrected chi connectivity index (χ0v) is 15.4. The van der Waals surface area contributed by atoms with Crippen molar-refractivity contribution in [3.63, 3.8) is 0 Å². The normalized spacial score (nSPS) is 15.1. The third-order valence-electron chi connectivity index (χ3n) is 3.59. The van der Waals surface area contributed by atoms with E-state index in [2.05, 4.69) is 16.8 Å². The van der Waals surface area contributed by atoms with Crippen LogP contribution in [-0.4, -0.2) is 34.6 Å². The molecule has 1 aliphatic rings. The van der Waals surface area contributed by atoms with Gasteiger partial charge in [0.25, 0.3) is 0 Å². The van der Waals surface area contributed by atoms with Crippen molar-refractivity contribution in [3.8, 4) is 0 Å². The lowest BCUT2D eigenvalue weighted by Gasteiger charge is -2.32. The van der Waals surface area contributed by atoms with Gasteiger partial charge < -0.3 is 15.0 Å². The number of carbonyl (C=O) groups excluding carboxylic acids is 2. The van der Waals surface area contributed by atoms with Gasteiger partial charge in [0.05, 0.1) is 0 Å². The van der Waals surface area contributed by atoms with Crippen LogP contribution in [0.15, 0.2) is 11.4 Å². The zero-order chi connectivity index (χ0) is 17.3. The van der Waals surface area contributed by atoms with E-state index in [0.717, 1.165) is 13.0 Å². The second-order valence-corrected chi connectivity index (χ2v) is 8.62. The standard InChI is InChI=1S/C17H26N2O3S/c1-16(2,3)22-15(21)18-17(4,5)10-14(20)19-8-6-13-12(11-19)7-9-23-13/h7,9H,6,8,10-11H2,1-5H3,(H,18,21). The van der Waals surface area contributed by atoms with Gasteiger partial charge in [-0.2, -0.15) is 0 Å². The fourth-order valence-corrected chi connectivity index (χ4v) is 3.46. The molecule has 0 aliphatic carbocycles. The van der Waals surface area contributed by atoms with Crippen molar-refractivity contribution < 1.29 is 14.3 Å². The number of nitrogens with zero attached hydrogens (tertiary/aromatic N) is 1. The van der Waals surface area contributed by atoms with Crippen molar-refractivity contribution in [1.82, 2.24) is 10.2 Å². The summed E-state index contributed by atoms with van der Waals surface area (Å²) in [5.41, 5.74) is 0.0493. The van der Waals surface area contributed by atoms with Crippen LogP contribution in [0.25, 0.3) is 0 Å². The van der Waals surface area contributed by atoms with Crippen molar-refractivity contribution in [2.75, 3.05) is 6.54 Å². The minimum Gasteiger partial charge on any atom is -0.444 e. The van der Waals surface area contributed by atoms with Gasteiger partial charge in [-0.05, 0) is 58.0 Å². The Morgan fingerprint density at radius 3 is 2.65 bits per heavy atom. The molecule has 23 heavy (non-hydrogen) atoms. The quantitative estimate of drug-likeness (QED) is 0.920. The topological polar surface area (TPSA) is 58.6 Å². The fourth-order valence-electron chi connectivity index (χ4n) is 2.58. The van der Waals surface area contributed by atoms with Crippen LogP contribution in [-0.2, 0) is 22.5 Å². The van der Waals surface area contributed by atoms with E-state index in [1.54, 1.807) is 11.3 Å². The van der Waals surface area contributed by atoms with Crippen LogP contribution in [0.2, 0.25) is 0 Å². The monoisotopic (exact) mass is 338 g/mol. The predicted octanol–water partition coefficient (Wildman–Crippen LogP) is 3.33.